The lowest BCUT2D eigenvalue weighted by Crippen LogP contribution is -3.12. The van der Waals surface area contributed by atoms with Crippen LogP contribution in [0.5, 0.6) is 0 Å². The van der Waals surface area contributed by atoms with Crippen LogP contribution in [-0.4, -0.2) is 45.2 Å². The van der Waals surface area contributed by atoms with Gasteiger partial charge in [-0.05, 0) is 17.0 Å². The molecule has 0 radical (unpaired) electrons. The number of hydrogen-bond acceptors (Lipinski definition) is 4. The highest BCUT2D eigenvalue weighted by Gasteiger charge is 2.30. The number of hydrogen-bond donors (Lipinski definition) is 3. The van der Waals surface area contributed by atoms with E-state index in [2.05, 4.69) is 46.3 Å². The third-order valence-electron chi connectivity index (χ3n) is 4.90. The maximum atomic E-state index is 12.1. The van der Waals surface area contributed by atoms with E-state index in [4.69, 9.17) is 4.74 Å². The summed E-state index contributed by atoms with van der Waals surface area (Å²) in [7, 11) is 1.55. The Morgan fingerprint density at radius 2 is 1.93 bits per heavy atom. The van der Waals surface area contributed by atoms with Gasteiger partial charge in [0.2, 0.25) is 0 Å². The number of amides is 2. The maximum absolute atomic E-state index is 12.1. The Balaban J connectivity index is 1.63. The third kappa shape index (κ3) is 5.15. The lowest BCUT2D eigenvalue weighted by molar-refractivity contribution is -0.945. The first kappa shape index (κ1) is 19.5. The largest absolute Gasteiger partial charge is 0.383 e. The Labute approximate surface area is 163 Å². The highest BCUT2D eigenvalue weighted by Crippen LogP contribution is 2.18. The second-order valence-corrected chi connectivity index (χ2v) is 7.61. The third-order valence-corrected chi connectivity index (χ3v) is 5.88. The van der Waals surface area contributed by atoms with Gasteiger partial charge >= 0.3 is 11.8 Å². The van der Waals surface area contributed by atoms with Crippen molar-refractivity contribution in [2.75, 3.05) is 33.4 Å². The topological polar surface area (TPSA) is 71.9 Å². The van der Waals surface area contributed by atoms with E-state index in [1.807, 2.05) is 6.07 Å². The van der Waals surface area contributed by atoms with Crippen LogP contribution in [0.1, 0.15) is 22.0 Å². The van der Waals surface area contributed by atoms with E-state index >= 15 is 0 Å². The molecule has 2 heterocycles. The summed E-state index contributed by atoms with van der Waals surface area (Å²) >= 11 is 1.69. The van der Waals surface area contributed by atoms with Crippen molar-refractivity contribution in [1.29, 1.82) is 0 Å². The van der Waals surface area contributed by atoms with Gasteiger partial charge in [0.15, 0.2) is 0 Å². The number of benzene rings is 1. The number of quaternary nitrogens is 1. The molecule has 1 aromatic carbocycles. The molecular weight excluding hydrogens is 362 g/mol. The molecule has 144 valence electrons. The summed E-state index contributed by atoms with van der Waals surface area (Å²) in [6.45, 7) is 3.08. The fourth-order valence-corrected chi connectivity index (χ4v) is 4.34. The first-order valence-electron chi connectivity index (χ1n) is 9.18. The normalized spacial score (nSPS) is 17.0. The van der Waals surface area contributed by atoms with Crippen LogP contribution in [0.25, 0.3) is 0 Å². The van der Waals surface area contributed by atoms with Crippen LogP contribution < -0.4 is 15.5 Å². The van der Waals surface area contributed by atoms with Crippen molar-refractivity contribution in [3.8, 4) is 0 Å². The minimum absolute atomic E-state index is 0.133. The van der Waals surface area contributed by atoms with Crippen molar-refractivity contribution in [2.45, 2.75) is 19.0 Å². The first-order chi connectivity index (χ1) is 13.2. The van der Waals surface area contributed by atoms with Gasteiger partial charge in [-0.3, -0.25) is 9.59 Å². The number of carbonyl (C=O) groups excluding carboxylic acids is 2. The number of ether oxygens (including phenoxy) is 1. The van der Waals surface area contributed by atoms with Crippen molar-refractivity contribution < 1.29 is 19.2 Å². The van der Waals surface area contributed by atoms with Crippen LogP contribution >= 0.6 is 11.3 Å². The van der Waals surface area contributed by atoms with Crippen LogP contribution in [-0.2, 0) is 27.3 Å². The van der Waals surface area contributed by atoms with Gasteiger partial charge in [-0.1, -0.05) is 30.3 Å². The standard InChI is InChI=1S/C20H25N3O3S/c1-26-11-9-21-19(24)20(25)22-13-17(18-7-4-12-27-18)23-10-8-15-5-2-3-6-16(15)14-23/h2-7,12,17H,8-11,13-14H2,1H3,(H,21,24)(H,22,25)/p+1/t17-/m0/s1. The summed E-state index contributed by atoms with van der Waals surface area (Å²) < 4.78 is 4.88. The SMILES string of the molecule is COCCNC(=O)C(=O)NC[C@@H](c1cccs1)[NH+]1CCc2ccccc2C1. The van der Waals surface area contributed by atoms with E-state index < -0.39 is 11.8 Å². The molecule has 1 aliphatic rings. The molecule has 2 amide bonds. The molecule has 1 aliphatic heterocycles. The van der Waals surface area contributed by atoms with Crippen LogP contribution in [0.4, 0.5) is 0 Å². The van der Waals surface area contributed by atoms with E-state index in [0.717, 1.165) is 19.5 Å². The van der Waals surface area contributed by atoms with Crippen molar-refractivity contribution in [3.63, 3.8) is 0 Å². The first-order valence-corrected chi connectivity index (χ1v) is 10.1. The number of fused-ring (bicyclic) bond motifs is 1. The zero-order valence-corrected chi connectivity index (χ0v) is 16.3. The van der Waals surface area contributed by atoms with Crippen LogP contribution in [0.3, 0.4) is 0 Å². The highest BCUT2D eigenvalue weighted by atomic mass is 32.1. The molecule has 1 unspecified atom stereocenters. The molecule has 0 aliphatic carbocycles. The number of thiophene rings is 1. The summed E-state index contributed by atoms with van der Waals surface area (Å²) in [6.07, 6.45) is 1.03. The molecule has 6 nitrogen and oxygen atoms in total. The molecule has 3 N–H and O–H groups in total. The fourth-order valence-electron chi connectivity index (χ4n) is 3.46. The molecule has 2 atom stereocenters. The van der Waals surface area contributed by atoms with Gasteiger partial charge in [0.05, 0.1) is 24.6 Å². The predicted molar refractivity (Wildman–Crippen MR) is 105 cm³/mol. The van der Waals surface area contributed by atoms with Crippen LogP contribution in [0.2, 0.25) is 0 Å². The van der Waals surface area contributed by atoms with Gasteiger partial charge in [-0.25, -0.2) is 0 Å². The Bertz CT molecular complexity index is 764. The Morgan fingerprint density at radius 1 is 1.15 bits per heavy atom. The van der Waals surface area contributed by atoms with Gasteiger partial charge in [0.1, 0.15) is 12.6 Å². The molecule has 0 saturated heterocycles. The van der Waals surface area contributed by atoms with Crippen LogP contribution in [0.15, 0.2) is 41.8 Å². The second kappa shape index (κ2) is 9.64. The predicted octanol–water partition coefficient (Wildman–Crippen LogP) is 0.309. The van der Waals surface area contributed by atoms with E-state index in [-0.39, 0.29) is 6.04 Å². The minimum atomic E-state index is -0.615. The Morgan fingerprint density at radius 3 is 2.67 bits per heavy atom. The number of rotatable bonds is 7. The van der Waals surface area contributed by atoms with E-state index in [1.54, 1.807) is 18.4 Å². The summed E-state index contributed by atoms with van der Waals surface area (Å²) in [5.74, 6) is -1.21. The molecule has 0 bridgehead atoms. The van der Waals surface area contributed by atoms with E-state index in [0.29, 0.717) is 19.7 Å². The van der Waals surface area contributed by atoms with Gasteiger partial charge in [-0.15, -0.1) is 11.3 Å². The zero-order chi connectivity index (χ0) is 19.1. The quantitative estimate of drug-likeness (QED) is 0.472. The molecule has 3 rings (SSSR count). The molecule has 1 aromatic heterocycles. The van der Waals surface area contributed by atoms with Gasteiger partial charge in [-0.2, -0.15) is 0 Å². The molecule has 27 heavy (non-hydrogen) atoms. The van der Waals surface area contributed by atoms with Crippen molar-refractivity contribution in [1.82, 2.24) is 10.6 Å². The number of carbonyl (C=O) groups is 2. The Kier molecular flexibility index (Phi) is 6.98. The molecule has 0 fully saturated rings. The summed E-state index contributed by atoms with van der Waals surface area (Å²) in [4.78, 5) is 26.6. The lowest BCUT2D eigenvalue weighted by atomic mass is 9.98. The lowest BCUT2D eigenvalue weighted by Gasteiger charge is -2.32. The summed E-state index contributed by atoms with van der Waals surface area (Å²) in [5.41, 5.74) is 2.77. The maximum Gasteiger partial charge on any atom is 0.309 e. The summed E-state index contributed by atoms with van der Waals surface area (Å²) in [5, 5.41) is 7.42. The van der Waals surface area contributed by atoms with Gasteiger partial charge < -0.3 is 20.3 Å². The zero-order valence-electron chi connectivity index (χ0n) is 15.5. The molecule has 0 spiro atoms. The minimum Gasteiger partial charge on any atom is -0.383 e. The average molecular weight is 389 g/mol. The smallest absolute Gasteiger partial charge is 0.309 e. The summed E-state index contributed by atoms with van der Waals surface area (Å²) in [6, 6.07) is 12.8. The average Bonchev–Trinajstić information content (AvgIpc) is 3.22. The number of methoxy groups -OCH3 is 1. The van der Waals surface area contributed by atoms with Crippen molar-refractivity contribution in [3.05, 3.63) is 57.8 Å². The molecular formula is C20H26N3O3S+. The van der Waals surface area contributed by atoms with E-state index in [9.17, 15) is 9.59 Å². The van der Waals surface area contributed by atoms with Gasteiger partial charge in [0, 0.05) is 25.6 Å². The van der Waals surface area contributed by atoms with E-state index in [1.165, 1.54) is 20.9 Å². The highest BCUT2D eigenvalue weighted by molar-refractivity contribution is 7.10. The second-order valence-electron chi connectivity index (χ2n) is 6.63. The van der Waals surface area contributed by atoms with Crippen LogP contribution in [0, 0.1) is 0 Å². The molecule has 7 heteroatoms. The van der Waals surface area contributed by atoms with Gasteiger partial charge in [0.25, 0.3) is 0 Å². The van der Waals surface area contributed by atoms with Crippen molar-refractivity contribution in [2.24, 2.45) is 0 Å². The molecule has 0 saturated carbocycles. The Hall–Kier alpha value is -2.22. The monoisotopic (exact) mass is 388 g/mol. The number of nitrogens with one attached hydrogen (secondary N) is 3. The molecule has 2 aromatic rings. The van der Waals surface area contributed by atoms with Crippen molar-refractivity contribution >= 4 is 23.2 Å². The fraction of sp³-hybridized carbons (Fsp3) is 0.400.